The van der Waals surface area contributed by atoms with Crippen LogP contribution >= 0.6 is 0 Å². The lowest BCUT2D eigenvalue weighted by atomic mass is 10.1. The van der Waals surface area contributed by atoms with Crippen molar-refractivity contribution in [3.63, 3.8) is 0 Å². The second-order valence-corrected chi connectivity index (χ2v) is 6.95. The fourth-order valence-corrected chi connectivity index (χ4v) is 2.45. The second-order valence-electron chi connectivity index (χ2n) is 5.39. The van der Waals surface area contributed by atoms with Crippen LogP contribution in [0.4, 0.5) is 5.69 Å². The third-order valence-electron chi connectivity index (χ3n) is 3.51. The molecule has 0 aliphatic carbocycles. The van der Waals surface area contributed by atoms with E-state index in [2.05, 4.69) is 5.32 Å². The van der Waals surface area contributed by atoms with Gasteiger partial charge in [0.2, 0.25) is 15.9 Å². The molecule has 1 rings (SSSR count). The summed E-state index contributed by atoms with van der Waals surface area (Å²) in [5.41, 5.74) is 7.57. The Morgan fingerprint density at radius 2 is 1.95 bits per heavy atom. The quantitative estimate of drug-likeness (QED) is 0.733. The zero-order valence-electron chi connectivity index (χ0n) is 12.6. The van der Waals surface area contributed by atoms with Gasteiger partial charge in [0, 0.05) is 12.1 Å². The summed E-state index contributed by atoms with van der Waals surface area (Å²) >= 11 is 0. The minimum atomic E-state index is -3.80. The lowest BCUT2D eigenvalue weighted by Crippen LogP contribution is -2.18. The first kappa shape index (κ1) is 17.6. The van der Waals surface area contributed by atoms with Crippen LogP contribution < -0.4 is 16.2 Å². The molecule has 0 bridgehead atoms. The summed E-state index contributed by atoms with van der Waals surface area (Å²) in [7, 11) is -3.80. The largest absolute Gasteiger partial charge is 0.330 e. The van der Waals surface area contributed by atoms with E-state index in [4.69, 9.17) is 10.9 Å². The number of hydrogen-bond acceptors (Lipinski definition) is 4. The van der Waals surface area contributed by atoms with Crippen molar-refractivity contribution in [3.8, 4) is 0 Å². The Bertz CT molecular complexity index is 627. The lowest BCUT2D eigenvalue weighted by Gasteiger charge is -2.13. The molecule has 1 atom stereocenters. The number of carbonyl (C=O) groups excluding carboxylic acids is 1. The number of benzene rings is 1. The second kappa shape index (κ2) is 7.02. The number of nitrogens with two attached hydrogens (primary N) is 2. The van der Waals surface area contributed by atoms with Gasteiger partial charge >= 0.3 is 0 Å². The van der Waals surface area contributed by atoms with Crippen LogP contribution in [0.2, 0.25) is 0 Å². The number of nitrogens with one attached hydrogen (secondary N) is 1. The maximum atomic E-state index is 11.9. The highest BCUT2D eigenvalue weighted by atomic mass is 32.2. The number of amides is 1. The molecule has 0 aliphatic rings. The summed E-state index contributed by atoms with van der Waals surface area (Å²) in [5, 5.41) is 7.88. The Balaban J connectivity index is 2.93. The topological polar surface area (TPSA) is 115 Å². The molecule has 118 valence electrons. The molecule has 0 fully saturated rings. The molecule has 1 unspecified atom stereocenters. The minimum Gasteiger partial charge on any atom is -0.330 e. The molecule has 5 N–H and O–H groups in total. The zero-order chi connectivity index (χ0) is 16.2. The summed E-state index contributed by atoms with van der Waals surface area (Å²) in [5.74, 6) is 0.110. The third-order valence-corrected chi connectivity index (χ3v) is 4.40. The van der Waals surface area contributed by atoms with Gasteiger partial charge in [0.15, 0.2) is 0 Å². The molecule has 6 nitrogen and oxygen atoms in total. The Labute approximate surface area is 126 Å². The van der Waals surface area contributed by atoms with Gasteiger partial charge in [-0.25, -0.2) is 13.6 Å². The standard InChI is InChI=1S/C14H23N3O3S/c1-9(8-15)4-5-14(18)17-13-7-12(21(16,19)20)6-10(2)11(13)3/h6-7,9H,4-5,8,15H2,1-3H3,(H,17,18)(H2,16,19,20). The monoisotopic (exact) mass is 313 g/mol. The maximum absolute atomic E-state index is 11.9. The van der Waals surface area contributed by atoms with E-state index in [1.807, 2.05) is 13.8 Å². The van der Waals surface area contributed by atoms with E-state index in [1.54, 1.807) is 6.92 Å². The van der Waals surface area contributed by atoms with E-state index in [-0.39, 0.29) is 16.7 Å². The van der Waals surface area contributed by atoms with Crippen LogP contribution in [0.15, 0.2) is 17.0 Å². The predicted molar refractivity (Wildman–Crippen MR) is 83.4 cm³/mol. The number of sulfonamides is 1. The first-order valence-corrected chi connectivity index (χ1v) is 8.33. The number of primary sulfonamides is 1. The Kier molecular flexibility index (Phi) is 5.88. The van der Waals surface area contributed by atoms with Crippen LogP contribution in [0.1, 0.15) is 30.9 Å². The van der Waals surface area contributed by atoms with E-state index < -0.39 is 10.0 Å². The SMILES string of the molecule is Cc1cc(S(N)(=O)=O)cc(NC(=O)CCC(C)CN)c1C. The number of aryl methyl sites for hydroxylation is 1. The average Bonchev–Trinajstić information content (AvgIpc) is 2.39. The average molecular weight is 313 g/mol. The van der Waals surface area contributed by atoms with Gasteiger partial charge in [-0.3, -0.25) is 4.79 Å². The van der Waals surface area contributed by atoms with Crippen molar-refractivity contribution in [2.45, 2.75) is 38.5 Å². The van der Waals surface area contributed by atoms with E-state index >= 15 is 0 Å². The van der Waals surface area contributed by atoms with E-state index in [1.165, 1.54) is 12.1 Å². The molecule has 1 aromatic rings. The van der Waals surface area contributed by atoms with Crippen molar-refractivity contribution < 1.29 is 13.2 Å². The summed E-state index contributed by atoms with van der Waals surface area (Å²) in [6, 6.07) is 2.89. The minimum absolute atomic E-state index is 0.00349. The Morgan fingerprint density at radius 3 is 2.48 bits per heavy atom. The molecule has 0 aliphatic heterocycles. The van der Waals surface area contributed by atoms with Gasteiger partial charge in [0.1, 0.15) is 0 Å². The van der Waals surface area contributed by atoms with E-state index in [9.17, 15) is 13.2 Å². The van der Waals surface area contributed by atoms with Crippen LogP contribution in [0.25, 0.3) is 0 Å². The number of carbonyl (C=O) groups is 1. The lowest BCUT2D eigenvalue weighted by molar-refractivity contribution is -0.116. The van der Waals surface area contributed by atoms with Gasteiger partial charge in [-0.15, -0.1) is 0 Å². The highest BCUT2D eigenvalue weighted by Crippen LogP contribution is 2.23. The molecule has 0 spiro atoms. The first-order chi connectivity index (χ1) is 9.65. The van der Waals surface area contributed by atoms with Gasteiger partial charge in [0.05, 0.1) is 4.90 Å². The van der Waals surface area contributed by atoms with Crippen molar-refractivity contribution in [2.24, 2.45) is 16.8 Å². The molecule has 0 saturated heterocycles. The summed E-state index contributed by atoms with van der Waals surface area (Å²) < 4.78 is 22.9. The van der Waals surface area contributed by atoms with Crippen LogP contribution in [-0.4, -0.2) is 20.9 Å². The molecule has 7 heteroatoms. The van der Waals surface area contributed by atoms with Gasteiger partial charge in [-0.1, -0.05) is 6.92 Å². The molecule has 0 radical (unpaired) electrons. The molecule has 0 aromatic heterocycles. The predicted octanol–water partition coefficient (Wildman–Crippen LogP) is 1.26. The zero-order valence-corrected chi connectivity index (χ0v) is 13.5. The normalized spacial score (nSPS) is 13.0. The number of rotatable bonds is 6. The van der Waals surface area contributed by atoms with Crippen molar-refractivity contribution in [1.29, 1.82) is 0 Å². The molecule has 21 heavy (non-hydrogen) atoms. The molecular weight excluding hydrogens is 290 g/mol. The van der Waals surface area contributed by atoms with Crippen LogP contribution in [0, 0.1) is 19.8 Å². The molecule has 0 heterocycles. The number of hydrogen-bond donors (Lipinski definition) is 3. The molecular formula is C14H23N3O3S. The molecule has 1 amide bonds. The Morgan fingerprint density at radius 1 is 1.33 bits per heavy atom. The van der Waals surface area contributed by atoms with Crippen LogP contribution in [-0.2, 0) is 14.8 Å². The fourth-order valence-electron chi connectivity index (χ4n) is 1.83. The van der Waals surface area contributed by atoms with E-state index in [0.29, 0.717) is 25.1 Å². The smallest absolute Gasteiger partial charge is 0.238 e. The highest BCUT2D eigenvalue weighted by molar-refractivity contribution is 7.89. The van der Waals surface area contributed by atoms with Crippen molar-refractivity contribution in [2.75, 3.05) is 11.9 Å². The summed E-state index contributed by atoms with van der Waals surface area (Å²) in [6.45, 7) is 6.10. The molecule has 1 aromatic carbocycles. The first-order valence-electron chi connectivity index (χ1n) is 6.79. The van der Waals surface area contributed by atoms with Crippen molar-refractivity contribution in [3.05, 3.63) is 23.3 Å². The van der Waals surface area contributed by atoms with Gasteiger partial charge in [0.25, 0.3) is 0 Å². The van der Waals surface area contributed by atoms with Crippen molar-refractivity contribution in [1.82, 2.24) is 0 Å². The fraction of sp³-hybridized carbons (Fsp3) is 0.500. The molecule has 0 saturated carbocycles. The van der Waals surface area contributed by atoms with E-state index in [0.717, 1.165) is 11.1 Å². The van der Waals surface area contributed by atoms with Gasteiger partial charge in [-0.2, -0.15) is 0 Å². The van der Waals surface area contributed by atoms with Gasteiger partial charge in [-0.05, 0) is 56.0 Å². The summed E-state index contributed by atoms with van der Waals surface area (Å²) in [6.07, 6.45) is 1.03. The summed E-state index contributed by atoms with van der Waals surface area (Å²) in [4.78, 5) is 11.9. The maximum Gasteiger partial charge on any atom is 0.238 e. The van der Waals surface area contributed by atoms with Crippen LogP contribution in [0.3, 0.4) is 0 Å². The Hall–Kier alpha value is -1.44. The van der Waals surface area contributed by atoms with Crippen LogP contribution in [0.5, 0.6) is 0 Å². The third kappa shape index (κ3) is 5.11. The van der Waals surface area contributed by atoms with Crippen molar-refractivity contribution >= 4 is 21.6 Å². The highest BCUT2D eigenvalue weighted by Gasteiger charge is 2.14. The number of anilines is 1. The van der Waals surface area contributed by atoms with Gasteiger partial charge < -0.3 is 11.1 Å².